The highest BCUT2D eigenvalue weighted by atomic mass is 35.5. The molecular weight excluding hydrogens is 444 g/mol. The second kappa shape index (κ2) is 10.6. The van der Waals surface area contributed by atoms with E-state index in [1.807, 2.05) is 74.1 Å². The smallest absolute Gasteiger partial charge is 0.254 e. The first-order valence-corrected chi connectivity index (χ1v) is 12.4. The van der Waals surface area contributed by atoms with Gasteiger partial charge in [0.25, 0.3) is 5.91 Å². The number of amidine groups is 1. The fourth-order valence-corrected chi connectivity index (χ4v) is 5.36. The lowest BCUT2D eigenvalue weighted by Gasteiger charge is -2.38. The van der Waals surface area contributed by atoms with Crippen LogP contribution in [0, 0.1) is 0 Å². The highest BCUT2D eigenvalue weighted by Crippen LogP contribution is 2.46. The Labute approximate surface area is 200 Å². The van der Waals surface area contributed by atoms with Gasteiger partial charge in [-0.05, 0) is 51.7 Å². The van der Waals surface area contributed by atoms with E-state index in [0.29, 0.717) is 42.5 Å². The molecule has 0 saturated heterocycles. The molecule has 2 aliphatic rings. The van der Waals surface area contributed by atoms with E-state index in [1.54, 1.807) is 4.90 Å². The van der Waals surface area contributed by atoms with Crippen LogP contribution >= 0.6 is 23.4 Å². The molecule has 0 spiro atoms. The van der Waals surface area contributed by atoms with Crippen molar-refractivity contribution in [1.82, 2.24) is 14.7 Å². The monoisotopic (exact) mass is 474 g/mol. The van der Waals surface area contributed by atoms with Crippen molar-refractivity contribution in [3.63, 3.8) is 0 Å². The topological polar surface area (TPSA) is 56.2 Å². The molecule has 0 aliphatic carbocycles. The third kappa shape index (κ3) is 4.59. The van der Waals surface area contributed by atoms with Crippen molar-refractivity contribution in [3.8, 4) is 0 Å². The van der Waals surface area contributed by atoms with E-state index < -0.39 is 6.04 Å². The highest BCUT2D eigenvalue weighted by molar-refractivity contribution is 8.16. The minimum atomic E-state index is -0.435. The molecular formula is C24H31ClN4O2S. The van der Waals surface area contributed by atoms with Gasteiger partial charge in [0.1, 0.15) is 0 Å². The van der Waals surface area contributed by atoms with E-state index in [1.165, 1.54) is 11.8 Å². The Bertz CT molecular complexity index is 980. The summed E-state index contributed by atoms with van der Waals surface area (Å²) in [6.45, 7) is 12.3. The van der Waals surface area contributed by atoms with Gasteiger partial charge in [-0.2, -0.15) is 0 Å². The Kier molecular flexibility index (Phi) is 8.06. The van der Waals surface area contributed by atoms with Crippen molar-refractivity contribution < 1.29 is 9.59 Å². The molecule has 8 heteroatoms. The van der Waals surface area contributed by atoms with Gasteiger partial charge in [-0.15, -0.1) is 0 Å². The number of aliphatic imine (C=N–C) groups is 1. The number of allylic oxidation sites excluding steroid dienone is 1. The minimum Gasteiger partial charge on any atom is -0.343 e. The van der Waals surface area contributed by atoms with Crippen LogP contribution in [0.5, 0.6) is 0 Å². The molecule has 0 saturated carbocycles. The Hall–Kier alpha value is -2.25. The second-order valence-electron chi connectivity index (χ2n) is 7.63. The average Bonchev–Trinajstić information content (AvgIpc) is 3.16. The number of thioether (sulfide) groups is 1. The Morgan fingerprint density at radius 1 is 1.06 bits per heavy atom. The van der Waals surface area contributed by atoms with Crippen LogP contribution in [0.2, 0.25) is 5.02 Å². The molecule has 0 bridgehead atoms. The van der Waals surface area contributed by atoms with Crippen LogP contribution in [0.3, 0.4) is 0 Å². The maximum Gasteiger partial charge on any atom is 0.254 e. The summed E-state index contributed by atoms with van der Waals surface area (Å²) in [6, 6.07) is 7.16. The molecule has 2 heterocycles. The number of rotatable bonds is 8. The lowest BCUT2D eigenvalue weighted by atomic mass is 9.92. The number of fused-ring (bicyclic) bond motifs is 1. The zero-order valence-electron chi connectivity index (χ0n) is 19.4. The molecule has 0 N–H and O–H groups in total. The van der Waals surface area contributed by atoms with E-state index in [2.05, 4.69) is 0 Å². The second-order valence-corrected chi connectivity index (χ2v) is 8.88. The van der Waals surface area contributed by atoms with E-state index in [-0.39, 0.29) is 18.2 Å². The van der Waals surface area contributed by atoms with Gasteiger partial charge in [-0.25, -0.2) is 4.99 Å². The maximum atomic E-state index is 13.6. The zero-order valence-corrected chi connectivity index (χ0v) is 21.0. The van der Waals surface area contributed by atoms with Crippen LogP contribution in [-0.2, 0) is 9.59 Å². The molecule has 1 atom stereocenters. The number of amides is 2. The van der Waals surface area contributed by atoms with Gasteiger partial charge in [0, 0.05) is 36.9 Å². The third-order valence-corrected chi connectivity index (χ3v) is 7.16. The van der Waals surface area contributed by atoms with Crippen molar-refractivity contribution in [1.29, 1.82) is 0 Å². The highest BCUT2D eigenvalue weighted by Gasteiger charge is 2.42. The summed E-state index contributed by atoms with van der Waals surface area (Å²) in [5, 5.41) is 3.33. The van der Waals surface area contributed by atoms with Crippen LogP contribution < -0.4 is 0 Å². The number of nitrogens with zero attached hydrogens (tertiary/aromatic N) is 4. The molecule has 0 aromatic heterocycles. The van der Waals surface area contributed by atoms with Crippen LogP contribution in [0.15, 0.2) is 51.6 Å². The van der Waals surface area contributed by atoms with Gasteiger partial charge >= 0.3 is 0 Å². The molecule has 1 unspecified atom stereocenters. The first-order chi connectivity index (χ1) is 15.4. The zero-order chi connectivity index (χ0) is 23.4. The largest absolute Gasteiger partial charge is 0.343 e. The molecule has 1 aromatic rings. The number of carbonyl (C=O) groups is 2. The summed E-state index contributed by atoms with van der Waals surface area (Å²) in [5.41, 5.74) is 2.97. The van der Waals surface area contributed by atoms with Crippen molar-refractivity contribution >= 4 is 40.3 Å². The van der Waals surface area contributed by atoms with Crippen molar-refractivity contribution in [2.75, 3.05) is 26.2 Å². The quantitative estimate of drug-likeness (QED) is 0.529. The summed E-state index contributed by atoms with van der Waals surface area (Å²) in [5.74, 6) is 0.00967. The van der Waals surface area contributed by atoms with Crippen molar-refractivity contribution in [3.05, 3.63) is 57.2 Å². The molecule has 0 fully saturated rings. The minimum absolute atomic E-state index is 0.0495. The van der Waals surface area contributed by atoms with Crippen LogP contribution in [0.4, 0.5) is 0 Å². The lowest BCUT2D eigenvalue weighted by molar-refractivity contribution is -0.130. The lowest BCUT2D eigenvalue weighted by Crippen LogP contribution is -2.42. The van der Waals surface area contributed by atoms with E-state index in [4.69, 9.17) is 16.6 Å². The predicted molar refractivity (Wildman–Crippen MR) is 132 cm³/mol. The van der Waals surface area contributed by atoms with E-state index in [9.17, 15) is 9.59 Å². The van der Waals surface area contributed by atoms with Gasteiger partial charge in [0.05, 0.1) is 23.7 Å². The summed E-state index contributed by atoms with van der Waals surface area (Å²) in [7, 11) is 0. The first-order valence-electron chi connectivity index (χ1n) is 11.1. The number of halogens is 1. The molecule has 1 aromatic carbocycles. The molecule has 0 radical (unpaired) electrons. The van der Waals surface area contributed by atoms with Crippen molar-refractivity contribution in [2.45, 2.75) is 47.1 Å². The summed E-state index contributed by atoms with van der Waals surface area (Å²) >= 11 is 8.13. The fraction of sp³-hybridized carbons (Fsp3) is 0.458. The number of hydrogen-bond donors (Lipinski definition) is 0. The standard InChI is InChI=1S/C24H31ClN4O2S/c1-6-27(7-2)20(30)14-17-15-32-24-26-16(5)21(23(31)28(8-3)9-4)22(29(17)24)18-12-10-11-13-19(18)25/h10-13,15,22H,6-9,14H2,1-5H3. The predicted octanol–water partition coefficient (Wildman–Crippen LogP) is 5.04. The molecule has 2 amide bonds. The number of carbonyl (C=O) groups excluding carboxylic acids is 2. The van der Waals surface area contributed by atoms with Gasteiger partial charge in [-0.3, -0.25) is 9.59 Å². The van der Waals surface area contributed by atoms with Gasteiger partial charge < -0.3 is 14.7 Å². The SMILES string of the molecule is CCN(CC)C(=O)CC1=CSC2=NC(C)=C(C(=O)N(CC)CC)C(c3ccccc3Cl)N12. The number of likely N-dealkylation sites (N-methyl/N-ethyl adjacent to an activating group) is 1. The van der Waals surface area contributed by atoms with Crippen LogP contribution in [-0.4, -0.2) is 57.9 Å². The Morgan fingerprint density at radius 3 is 2.28 bits per heavy atom. The Balaban J connectivity index is 2.09. The van der Waals surface area contributed by atoms with Gasteiger partial charge in [0.2, 0.25) is 5.91 Å². The normalized spacial score (nSPS) is 17.7. The van der Waals surface area contributed by atoms with E-state index in [0.717, 1.165) is 16.4 Å². The van der Waals surface area contributed by atoms with Crippen LogP contribution in [0.1, 0.15) is 52.6 Å². The van der Waals surface area contributed by atoms with E-state index >= 15 is 0 Å². The first kappa shape index (κ1) is 24.4. The summed E-state index contributed by atoms with van der Waals surface area (Å²) in [4.78, 5) is 36.9. The maximum absolute atomic E-state index is 13.6. The summed E-state index contributed by atoms with van der Waals surface area (Å²) in [6.07, 6.45) is 0.250. The van der Waals surface area contributed by atoms with Crippen LogP contribution in [0.25, 0.3) is 0 Å². The summed E-state index contributed by atoms with van der Waals surface area (Å²) < 4.78 is 0. The van der Waals surface area contributed by atoms with Gasteiger partial charge in [-0.1, -0.05) is 41.6 Å². The number of benzene rings is 1. The molecule has 3 rings (SSSR count). The van der Waals surface area contributed by atoms with Gasteiger partial charge in [0.15, 0.2) is 5.17 Å². The molecule has 2 aliphatic heterocycles. The number of hydrogen-bond acceptors (Lipinski definition) is 5. The fourth-order valence-electron chi connectivity index (χ4n) is 4.16. The Morgan fingerprint density at radius 2 is 1.69 bits per heavy atom. The van der Waals surface area contributed by atoms with Crippen molar-refractivity contribution in [2.24, 2.45) is 4.99 Å². The molecule has 172 valence electrons. The molecule has 32 heavy (non-hydrogen) atoms. The molecule has 6 nitrogen and oxygen atoms in total. The third-order valence-electron chi connectivity index (χ3n) is 5.93. The average molecular weight is 475 g/mol.